The Morgan fingerprint density at radius 1 is 1.21 bits per heavy atom. The number of benzene rings is 1. The van der Waals surface area contributed by atoms with Crippen LogP contribution in [0.15, 0.2) is 24.3 Å². The summed E-state index contributed by atoms with van der Waals surface area (Å²) in [7, 11) is 1.29. The minimum atomic E-state index is -4.45. The Labute approximate surface area is 160 Å². The number of rotatable bonds is 6. The Morgan fingerprint density at radius 2 is 1.82 bits per heavy atom. The van der Waals surface area contributed by atoms with Crippen LogP contribution >= 0.6 is 0 Å². The number of hydrogen-bond donors (Lipinski definition) is 1. The fraction of sp³-hybridized carbons (Fsp3) is 0.400. The van der Waals surface area contributed by atoms with E-state index in [0.29, 0.717) is 23.2 Å². The maximum Gasteiger partial charge on any atom is 0.416 e. The smallest absolute Gasteiger partial charge is 0.416 e. The molecule has 1 saturated carbocycles. The molecule has 0 atom stereocenters. The average Bonchev–Trinajstić information content (AvgIpc) is 3.42. The number of methoxy groups -OCH3 is 1. The van der Waals surface area contributed by atoms with Crippen LogP contribution in [0.5, 0.6) is 0 Å². The van der Waals surface area contributed by atoms with Gasteiger partial charge in [-0.15, -0.1) is 0 Å². The minimum absolute atomic E-state index is 0.0957. The van der Waals surface area contributed by atoms with Gasteiger partial charge in [-0.3, -0.25) is 9.59 Å². The van der Waals surface area contributed by atoms with Crippen molar-refractivity contribution in [2.75, 3.05) is 7.11 Å². The van der Waals surface area contributed by atoms with Crippen LogP contribution in [-0.4, -0.2) is 23.6 Å². The minimum Gasteiger partial charge on any atom is -0.469 e. The Morgan fingerprint density at radius 3 is 2.29 bits per heavy atom. The molecular weight excluding hydrogens is 373 g/mol. The van der Waals surface area contributed by atoms with Crippen LogP contribution in [0.1, 0.15) is 52.6 Å². The number of carbonyl (C=O) groups is 2. The summed E-state index contributed by atoms with van der Waals surface area (Å²) in [6, 6.07) is 4.84. The topological polar surface area (TPSA) is 74.3 Å². The Bertz CT molecular complexity index is 910. The summed E-state index contributed by atoms with van der Waals surface area (Å²) in [5, 5.41) is 0. The van der Waals surface area contributed by atoms with E-state index in [1.54, 1.807) is 6.92 Å². The Kier molecular flexibility index (Phi) is 5.23. The SMILES string of the molecule is COC(=O)CCc1c(-c2ccc(C(F)(F)F)cc2)c(C(N)=O)c(C)n1C1CC1. The molecule has 1 heterocycles. The molecule has 150 valence electrons. The van der Waals surface area contributed by atoms with Crippen LogP contribution in [0, 0.1) is 6.92 Å². The average molecular weight is 394 g/mol. The first-order valence-corrected chi connectivity index (χ1v) is 8.93. The van der Waals surface area contributed by atoms with Crippen molar-refractivity contribution in [1.29, 1.82) is 0 Å². The lowest BCUT2D eigenvalue weighted by Gasteiger charge is -2.13. The second-order valence-electron chi connectivity index (χ2n) is 6.90. The Balaban J connectivity index is 2.15. The number of amides is 1. The molecule has 28 heavy (non-hydrogen) atoms. The lowest BCUT2D eigenvalue weighted by molar-refractivity contribution is -0.140. The summed E-state index contributed by atoms with van der Waals surface area (Å²) in [5.74, 6) is -1.05. The number of esters is 1. The predicted octanol–water partition coefficient (Wildman–Crippen LogP) is 4.02. The fourth-order valence-electron chi connectivity index (χ4n) is 3.60. The third-order valence-electron chi connectivity index (χ3n) is 5.01. The molecule has 0 unspecified atom stereocenters. The highest BCUT2D eigenvalue weighted by atomic mass is 19.4. The van der Waals surface area contributed by atoms with Gasteiger partial charge < -0.3 is 15.0 Å². The van der Waals surface area contributed by atoms with Crippen molar-refractivity contribution in [3.05, 3.63) is 46.8 Å². The van der Waals surface area contributed by atoms with Crippen molar-refractivity contribution in [1.82, 2.24) is 4.57 Å². The van der Waals surface area contributed by atoms with Crippen molar-refractivity contribution < 1.29 is 27.5 Å². The first-order valence-electron chi connectivity index (χ1n) is 8.93. The molecule has 1 aromatic heterocycles. The van der Waals surface area contributed by atoms with Crippen LogP contribution < -0.4 is 5.73 Å². The third-order valence-corrected chi connectivity index (χ3v) is 5.01. The largest absolute Gasteiger partial charge is 0.469 e. The van der Waals surface area contributed by atoms with Crippen molar-refractivity contribution in [2.24, 2.45) is 5.73 Å². The van der Waals surface area contributed by atoms with E-state index in [2.05, 4.69) is 0 Å². The fourth-order valence-corrected chi connectivity index (χ4v) is 3.60. The summed E-state index contributed by atoms with van der Waals surface area (Å²) in [5.41, 5.74) is 7.47. The van der Waals surface area contributed by atoms with Crippen molar-refractivity contribution in [3.63, 3.8) is 0 Å². The number of carbonyl (C=O) groups excluding carboxylic acids is 2. The highest BCUT2D eigenvalue weighted by Gasteiger charge is 2.34. The van der Waals surface area contributed by atoms with Gasteiger partial charge in [0.15, 0.2) is 0 Å². The number of ether oxygens (including phenoxy) is 1. The van der Waals surface area contributed by atoms with Crippen molar-refractivity contribution in [3.8, 4) is 11.1 Å². The van der Waals surface area contributed by atoms with Gasteiger partial charge in [-0.2, -0.15) is 13.2 Å². The van der Waals surface area contributed by atoms with Gasteiger partial charge in [0.2, 0.25) is 0 Å². The quantitative estimate of drug-likeness (QED) is 0.752. The number of nitrogens with two attached hydrogens (primary N) is 1. The molecule has 0 spiro atoms. The van der Waals surface area contributed by atoms with Crippen LogP contribution in [0.25, 0.3) is 11.1 Å². The first-order chi connectivity index (χ1) is 13.1. The second-order valence-corrected chi connectivity index (χ2v) is 6.90. The summed E-state index contributed by atoms with van der Waals surface area (Å²) in [6.07, 6.45) is -2.18. The molecule has 1 amide bonds. The standard InChI is InChI=1S/C20H21F3N2O3/c1-11-17(19(24)27)18(12-3-5-13(6-4-12)20(21,22)23)15(9-10-16(26)28-2)25(11)14-7-8-14/h3-6,14H,7-10H2,1-2H3,(H2,24,27). The number of nitrogens with zero attached hydrogens (tertiary/aromatic N) is 1. The number of alkyl halides is 3. The van der Waals surface area contributed by atoms with Crippen molar-refractivity contribution in [2.45, 2.75) is 44.8 Å². The molecule has 0 bridgehead atoms. The second kappa shape index (κ2) is 7.33. The highest BCUT2D eigenvalue weighted by Crippen LogP contribution is 2.43. The van der Waals surface area contributed by atoms with Gasteiger partial charge in [0.25, 0.3) is 5.91 Å². The maximum absolute atomic E-state index is 12.9. The van der Waals surface area contributed by atoms with Gasteiger partial charge in [-0.05, 0) is 43.9 Å². The van der Waals surface area contributed by atoms with E-state index in [1.807, 2.05) is 4.57 Å². The highest BCUT2D eigenvalue weighted by molar-refractivity contribution is 6.02. The van der Waals surface area contributed by atoms with E-state index >= 15 is 0 Å². The van der Waals surface area contributed by atoms with E-state index in [4.69, 9.17) is 10.5 Å². The summed E-state index contributed by atoms with van der Waals surface area (Å²) >= 11 is 0. The zero-order valence-corrected chi connectivity index (χ0v) is 15.6. The summed E-state index contributed by atoms with van der Waals surface area (Å²) < 4.78 is 45.4. The van der Waals surface area contributed by atoms with E-state index in [0.717, 1.165) is 30.7 Å². The van der Waals surface area contributed by atoms with Gasteiger partial charge in [0, 0.05) is 23.0 Å². The molecule has 2 aromatic rings. The molecule has 1 aliphatic carbocycles. The van der Waals surface area contributed by atoms with Gasteiger partial charge in [-0.1, -0.05) is 12.1 Å². The number of hydrogen-bond acceptors (Lipinski definition) is 3. The molecule has 0 radical (unpaired) electrons. The number of primary amides is 1. The molecule has 1 aromatic carbocycles. The van der Waals surface area contributed by atoms with Crippen molar-refractivity contribution >= 4 is 11.9 Å². The van der Waals surface area contributed by atoms with Crippen LogP contribution in [0.3, 0.4) is 0 Å². The van der Waals surface area contributed by atoms with E-state index < -0.39 is 23.6 Å². The number of aromatic nitrogens is 1. The first kappa shape index (κ1) is 20.0. The predicted molar refractivity (Wildman–Crippen MR) is 96.7 cm³/mol. The normalized spacial score (nSPS) is 14.2. The van der Waals surface area contributed by atoms with Gasteiger partial charge >= 0.3 is 12.1 Å². The van der Waals surface area contributed by atoms with Crippen LogP contribution in [-0.2, 0) is 22.1 Å². The Hall–Kier alpha value is -2.77. The lowest BCUT2D eigenvalue weighted by atomic mass is 9.97. The third kappa shape index (κ3) is 3.76. The van der Waals surface area contributed by atoms with Gasteiger partial charge in [0.05, 0.1) is 24.7 Å². The van der Waals surface area contributed by atoms with Crippen LogP contribution in [0.4, 0.5) is 13.2 Å². The summed E-state index contributed by atoms with van der Waals surface area (Å²) in [6.45, 7) is 1.77. The molecule has 8 heteroatoms. The number of halogens is 3. The maximum atomic E-state index is 12.9. The molecule has 1 fully saturated rings. The van der Waals surface area contributed by atoms with Crippen LogP contribution in [0.2, 0.25) is 0 Å². The zero-order valence-electron chi connectivity index (χ0n) is 15.6. The molecule has 0 saturated heterocycles. The van der Waals surface area contributed by atoms with Gasteiger partial charge in [-0.25, -0.2) is 0 Å². The molecule has 0 aliphatic heterocycles. The van der Waals surface area contributed by atoms with Gasteiger partial charge in [0.1, 0.15) is 0 Å². The van der Waals surface area contributed by atoms with E-state index in [9.17, 15) is 22.8 Å². The molecule has 5 nitrogen and oxygen atoms in total. The molecule has 2 N–H and O–H groups in total. The van der Waals surface area contributed by atoms with E-state index in [-0.39, 0.29) is 18.0 Å². The lowest BCUT2D eigenvalue weighted by Crippen LogP contribution is -2.13. The molecular formula is C20H21F3N2O3. The summed E-state index contributed by atoms with van der Waals surface area (Å²) in [4.78, 5) is 23.8. The molecule has 1 aliphatic rings. The zero-order chi connectivity index (χ0) is 20.6. The molecule has 3 rings (SSSR count). The van der Waals surface area contributed by atoms with E-state index in [1.165, 1.54) is 19.2 Å². The monoisotopic (exact) mass is 394 g/mol.